The molecular formula is C23H26FN3O3. The second-order valence-electron chi connectivity index (χ2n) is 9.51. The van der Waals surface area contributed by atoms with Crippen LogP contribution in [-0.4, -0.2) is 23.0 Å². The van der Waals surface area contributed by atoms with Crippen molar-refractivity contribution in [2.45, 2.75) is 51.5 Å². The van der Waals surface area contributed by atoms with Gasteiger partial charge in [0.2, 0.25) is 5.91 Å². The van der Waals surface area contributed by atoms with Crippen molar-refractivity contribution in [2.24, 2.45) is 23.2 Å². The molecule has 1 aromatic carbocycles. The second kappa shape index (κ2) is 7.22. The molecule has 4 aliphatic rings. The van der Waals surface area contributed by atoms with Gasteiger partial charge in [-0.05, 0) is 87.5 Å². The van der Waals surface area contributed by atoms with Crippen LogP contribution < -0.4 is 10.6 Å². The van der Waals surface area contributed by atoms with E-state index in [9.17, 15) is 14.0 Å². The number of anilines is 1. The van der Waals surface area contributed by atoms with Gasteiger partial charge < -0.3 is 15.2 Å². The zero-order chi connectivity index (χ0) is 20.9. The van der Waals surface area contributed by atoms with E-state index in [1.54, 1.807) is 13.0 Å². The molecule has 1 heterocycles. The summed E-state index contributed by atoms with van der Waals surface area (Å²) in [6, 6.07) is 6.40. The highest BCUT2D eigenvalue weighted by Crippen LogP contribution is 2.61. The highest BCUT2D eigenvalue weighted by atomic mass is 19.1. The number of hydrogen-bond donors (Lipinski definition) is 2. The van der Waals surface area contributed by atoms with Gasteiger partial charge in [-0.1, -0.05) is 5.16 Å². The summed E-state index contributed by atoms with van der Waals surface area (Å²) < 4.78 is 18.3. The molecule has 0 unspecified atom stereocenters. The van der Waals surface area contributed by atoms with Crippen LogP contribution in [-0.2, 0) is 4.79 Å². The smallest absolute Gasteiger partial charge is 0.251 e. The van der Waals surface area contributed by atoms with Gasteiger partial charge in [-0.3, -0.25) is 9.59 Å². The fourth-order valence-corrected chi connectivity index (χ4v) is 6.47. The number of rotatable bonds is 5. The van der Waals surface area contributed by atoms with Crippen LogP contribution >= 0.6 is 0 Å². The minimum absolute atomic E-state index is 0.243. The Morgan fingerprint density at radius 3 is 2.23 bits per heavy atom. The Morgan fingerprint density at radius 2 is 1.70 bits per heavy atom. The Morgan fingerprint density at radius 1 is 1.10 bits per heavy atom. The van der Waals surface area contributed by atoms with Crippen LogP contribution in [0.25, 0.3) is 0 Å². The van der Waals surface area contributed by atoms with Crippen LogP contribution in [0.5, 0.6) is 0 Å². The van der Waals surface area contributed by atoms with E-state index in [0.29, 0.717) is 34.9 Å². The van der Waals surface area contributed by atoms with Gasteiger partial charge in [-0.2, -0.15) is 0 Å². The molecule has 30 heavy (non-hydrogen) atoms. The van der Waals surface area contributed by atoms with E-state index in [0.717, 1.165) is 19.3 Å². The SMILES string of the molecule is Cc1cc(NC(=O)[C@@H](NC(=O)c2ccc(F)cc2)C23CC4CC(CC(C4)C2)C3)no1. The summed E-state index contributed by atoms with van der Waals surface area (Å²) in [5, 5.41) is 9.71. The van der Waals surface area contributed by atoms with Crippen LogP contribution in [0, 0.1) is 35.9 Å². The van der Waals surface area contributed by atoms with Crippen LogP contribution in [0.4, 0.5) is 10.2 Å². The fraction of sp³-hybridized carbons (Fsp3) is 0.522. The number of halogens is 1. The van der Waals surface area contributed by atoms with Crippen LogP contribution in [0.15, 0.2) is 34.9 Å². The number of carbonyl (C=O) groups is 2. The van der Waals surface area contributed by atoms with Gasteiger partial charge in [0.05, 0.1) is 0 Å². The maximum atomic E-state index is 13.4. The summed E-state index contributed by atoms with van der Waals surface area (Å²) in [6.45, 7) is 1.76. The normalized spacial score (nSPS) is 30.1. The molecule has 0 aliphatic heterocycles. The molecular weight excluding hydrogens is 385 g/mol. The molecule has 2 amide bonds. The molecule has 2 aromatic rings. The lowest BCUT2D eigenvalue weighted by atomic mass is 9.47. The van der Waals surface area contributed by atoms with E-state index >= 15 is 0 Å². The van der Waals surface area contributed by atoms with Gasteiger partial charge in [-0.15, -0.1) is 0 Å². The first-order chi connectivity index (χ1) is 14.4. The van der Waals surface area contributed by atoms with Crippen molar-refractivity contribution in [1.29, 1.82) is 0 Å². The maximum Gasteiger partial charge on any atom is 0.251 e. The Labute approximate surface area is 174 Å². The average Bonchev–Trinajstić information content (AvgIpc) is 3.09. The topological polar surface area (TPSA) is 84.2 Å². The molecule has 4 saturated carbocycles. The summed E-state index contributed by atoms with van der Waals surface area (Å²) in [6.07, 6.45) is 6.59. The summed E-state index contributed by atoms with van der Waals surface area (Å²) in [4.78, 5) is 26.4. The van der Waals surface area contributed by atoms with E-state index in [1.165, 1.54) is 43.5 Å². The van der Waals surface area contributed by atoms with Crippen molar-refractivity contribution in [3.05, 3.63) is 47.5 Å². The minimum atomic E-state index is -0.666. The summed E-state index contributed by atoms with van der Waals surface area (Å²) in [5.74, 6) is 1.82. The molecule has 1 aromatic heterocycles. The summed E-state index contributed by atoms with van der Waals surface area (Å²) in [7, 11) is 0. The molecule has 7 heteroatoms. The minimum Gasteiger partial charge on any atom is -0.360 e. The molecule has 4 bridgehead atoms. The van der Waals surface area contributed by atoms with E-state index in [-0.39, 0.29) is 17.2 Å². The predicted octanol–water partition coefficient (Wildman–Crippen LogP) is 4.08. The van der Waals surface area contributed by atoms with Crippen molar-refractivity contribution in [2.75, 3.05) is 5.32 Å². The molecule has 4 fully saturated rings. The largest absolute Gasteiger partial charge is 0.360 e. The van der Waals surface area contributed by atoms with E-state index in [2.05, 4.69) is 15.8 Å². The highest BCUT2D eigenvalue weighted by Gasteiger charge is 2.56. The zero-order valence-corrected chi connectivity index (χ0v) is 17.0. The van der Waals surface area contributed by atoms with Crippen LogP contribution in [0.1, 0.15) is 54.6 Å². The lowest BCUT2D eigenvalue weighted by Crippen LogP contribution is -2.61. The molecule has 158 valence electrons. The average molecular weight is 411 g/mol. The van der Waals surface area contributed by atoms with Crippen molar-refractivity contribution in [3.63, 3.8) is 0 Å². The monoisotopic (exact) mass is 411 g/mol. The number of aromatic nitrogens is 1. The van der Waals surface area contributed by atoms with Crippen molar-refractivity contribution in [3.8, 4) is 0 Å². The van der Waals surface area contributed by atoms with E-state index in [1.807, 2.05) is 0 Å². The third-order valence-electron chi connectivity index (χ3n) is 7.22. The number of benzene rings is 1. The molecule has 4 aliphatic carbocycles. The Hall–Kier alpha value is -2.70. The van der Waals surface area contributed by atoms with Crippen LogP contribution in [0.2, 0.25) is 0 Å². The van der Waals surface area contributed by atoms with Crippen molar-refractivity contribution < 1.29 is 18.5 Å². The van der Waals surface area contributed by atoms with Crippen molar-refractivity contribution in [1.82, 2.24) is 10.5 Å². The number of carbonyl (C=O) groups excluding carboxylic acids is 2. The van der Waals surface area contributed by atoms with Gasteiger partial charge in [0, 0.05) is 17.0 Å². The van der Waals surface area contributed by atoms with Gasteiger partial charge in [0.25, 0.3) is 5.91 Å². The Balaban J connectivity index is 1.43. The number of nitrogens with zero attached hydrogens (tertiary/aromatic N) is 1. The third kappa shape index (κ3) is 3.50. The van der Waals surface area contributed by atoms with Gasteiger partial charge >= 0.3 is 0 Å². The Kier molecular flexibility index (Phi) is 4.64. The first-order valence-corrected chi connectivity index (χ1v) is 10.7. The second-order valence-corrected chi connectivity index (χ2v) is 9.51. The molecule has 6 rings (SSSR count). The van der Waals surface area contributed by atoms with E-state index < -0.39 is 11.9 Å². The molecule has 6 nitrogen and oxygen atoms in total. The van der Waals surface area contributed by atoms with Gasteiger partial charge in [0.1, 0.15) is 17.6 Å². The fourth-order valence-electron chi connectivity index (χ4n) is 6.47. The number of hydrogen-bond acceptors (Lipinski definition) is 4. The molecule has 0 saturated heterocycles. The molecule has 0 radical (unpaired) electrons. The quantitative estimate of drug-likeness (QED) is 0.777. The maximum absolute atomic E-state index is 13.4. The summed E-state index contributed by atoms with van der Waals surface area (Å²) >= 11 is 0. The lowest BCUT2D eigenvalue weighted by Gasteiger charge is -2.58. The van der Waals surface area contributed by atoms with E-state index in [4.69, 9.17) is 4.52 Å². The number of aryl methyl sites for hydroxylation is 1. The lowest BCUT2D eigenvalue weighted by molar-refractivity contribution is -0.129. The zero-order valence-electron chi connectivity index (χ0n) is 17.0. The summed E-state index contributed by atoms with van der Waals surface area (Å²) in [5.41, 5.74) is 0.101. The molecule has 0 spiro atoms. The van der Waals surface area contributed by atoms with Crippen molar-refractivity contribution >= 4 is 17.6 Å². The third-order valence-corrected chi connectivity index (χ3v) is 7.22. The molecule has 2 N–H and O–H groups in total. The predicted molar refractivity (Wildman–Crippen MR) is 108 cm³/mol. The first-order valence-electron chi connectivity index (χ1n) is 10.7. The molecule has 1 atom stereocenters. The van der Waals surface area contributed by atoms with Gasteiger partial charge in [0.15, 0.2) is 5.82 Å². The van der Waals surface area contributed by atoms with Gasteiger partial charge in [-0.25, -0.2) is 4.39 Å². The standard InChI is InChI=1S/C23H26FN3O3/c1-13-6-19(27-30-13)25-22(29)20(26-21(28)17-2-4-18(24)5-3-17)23-10-14-7-15(11-23)9-16(8-14)12-23/h2-6,14-16,20H,7-12H2,1H3,(H,26,28)(H,25,27,29)/t14?,15?,16?,20-,23?/m1/s1. The van der Waals surface area contributed by atoms with Crippen LogP contribution in [0.3, 0.4) is 0 Å². The number of amides is 2. The Bertz CT molecular complexity index is 933. The highest BCUT2D eigenvalue weighted by molar-refractivity contribution is 6.01. The number of nitrogens with one attached hydrogen (secondary N) is 2. The first kappa shape index (κ1) is 19.3.